The van der Waals surface area contributed by atoms with Crippen LogP contribution in [0.25, 0.3) is 11.2 Å². The van der Waals surface area contributed by atoms with Gasteiger partial charge in [0.15, 0.2) is 5.65 Å². The molecule has 21 heavy (non-hydrogen) atoms. The molecule has 0 N–H and O–H groups in total. The van der Waals surface area contributed by atoms with Crippen molar-refractivity contribution in [3.8, 4) is 0 Å². The highest BCUT2D eigenvalue weighted by Gasteiger charge is 2.22. The van der Waals surface area contributed by atoms with Crippen molar-refractivity contribution in [2.45, 2.75) is 64.3 Å². The van der Waals surface area contributed by atoms with Gasteiger partial charge in [0.25, 0.3) is 0 Å². The van der Waals surface area contributed by atoms with Crippen molar-refractivity contribution in [2.75, 3.05) is 0 Å². The summed E-state index contributed by atoms with van der Waals surface area (Å²) in [5, 5.41) is -0.112. The number of hydrogen-bond acceptors (Lipinski definition) is 2. The van der Waals surface area contributed by atoms with Gasteiger partial charge in [-0.2, -0.15) is 0 Å². The van der Waals surface area contributed by atoms with Crippen molar-refractivity contribution in [1.82, 2.24) is 14.5 Å². The third-order valence-corrected chi connectivity index (χ3v) is 4.39. The number of aromatic nitrogens is 3. The van der Waals surface area contributed by atoms with Gasteiger partial charge in [-0.05, 0) is 41.8 Å². The number of nitrogens with zero attached hydrogens (tertiary/aromatic N) is 3. The molecule has 0 bridgehead atoms. The summed E-state index contributed by atoms with van der Waals surface area (Å²) in [5.74, 6) is 0.937. The van der Waals surface area contributed by atoms with Crippen molar-refractivity contribution in [3.05, 3.63) is 22.6 Å². The molecule has 0 aliphatic rings. The molecule has 0 amide bonds. The second-order valence-corrected chi connectivity index (χ2v) is 7.11. The Morgan fingerprint density at radius 2 is 2.05 bits per heavy atom. The molecule has 2 unspecified atom stereocenters. The average molecular weight is 373 g/mol. The van der Waals surface area contributed by atoms with E-state index in [9.17, 15) is 0 Å². The molecule has 5 heteroatoms. The third-order valence-electron chi connectivity index (χ3n) is 3.76. The first kappa shape index (κ1) is 16.8. The molecule has 0 spiro atoms. The number of hydrogen-bond donors (Lipinski definition) is 0. The molecule has 0 saturated carbocycles. The highest BCUT2D eigenvalue weighted by Crippen LogP contribution is 2.32. The maximum absolute atomic E-state index is 6.38. The van der Waals surface area contributed by atoms with Crippen LogP contribution in [0.15, 0.2) is 16.7 Å². The van der Waals surface area contributed by atoms with Crippen molar-refractivity contribution < 1.29 is 0 Å². The Hall–Kier alpha value is -0.610. The lowest BCUT2D eigenvalue weighted by Crippen LogP contribution is -2.13. The Bertz CT molecular complexity index is 594. The van der Waals surface area contributed by atoms with E-state index in [2.05, 4.69) is 39.3 Å². The van der Waals surface area contributed by atoms with Gasteiger partial charge in [0, 0.05) is 16.7 Å². The van der Waals surface area contributed by atoms with Crippen LogP contribution in [0.4, 0.5) is 0 Å². The van der Waals surface area contributed by atoms with Gasteiger partial charge in [-0.15, -0.1) is 11.6 Å². The Morgan fingerprint density at radius 3 is 2.67 bits per heavy atom. The van der Waals surface area contributed by atoms with Crippen LogP contribution in [0.5, 0.6) is 0 Å². The van der Waals surface area contributed by atoms with Crippen molar-refractivity contribution >= 4 is 38.7 Å². The largest absolute Gasteiger partial charge is 0.308 e. The van der Waals surface area contributed by atoms with Gasteiger partial charge in [-0.25, -0.2) is 9.97 Å². The topological polar surface area (TPSA) is 30.7 Å². The summed E-state index contributed by atoms with van der Waals surface area (Å²) in [6.45, 7) is 6.44. The SMILES string of the molecule is CCCCC(CCC)n1c(C(C)Cl)nc2cc(Br)cnc21. The zero-order chi connectivity index (χ0) is 15.4. The van der Waals surface area contributed by atoms with Crippen molar-refractivity contribution in [2.24, 2.45) is 0 Å². The first-order valence-corrected chi connectivity index (χ1v) is 8.98. The minimum Gasteiger partial charge on any atom is -0.308 e. The van der Waals surface area contributed by atoms with Gasteiger partial charge in [0.05, 0.1) is 5.38 Å². The fourth-order valence-corrected chi connectivity index (χ4v) is 3.26. The smallest absolute Gasteiger partial charge is 0.160 e. The summed E-state index contributed by atoms with van der Waals surface area (Å²) >= 11 is 9.84. The van der Waals surface area contributed by atoms with E-state index in [1.807, 2.05) is 19.2 Å². The maximum atomic E-state index is 6.38. The van der Waals surface area contributed by atoms with Gasteiger partial charge in [-0.1, -0.05) is 33.1 Å². The highest BCUT2D eigenvalue weighted by molar-refractivity contribution is 9.10. The van der Waals surface area contributed by atoms with Gasteiger partial charge >= 0.3 is 0 Å². The zero-order valence-electron chi connectivity index (χ0n) is 12.9. The average Bonchev–Trinajstić information content (AvgIpc) is 2.82. The van der Waals surface area contributed by atoms with Crippen LogP contribution < -0.4 is 0 Å². The molecule has 0 saturated heterocycles. The van der Waals surface area contributed by atoms with E-state index < -0.39 is 0 Å². The maximum Gasteiger partial charge on any atom is 0.160 e. The molecule has 116 valence electrons. The van der Waals surface area contributed by atoms with Crippen LogP contribution in [-0.4, -0.2) is 14.5 Å². The van der Waals surface area contributed by atoms with E-state index in [0.29, 0.717) is 6.04 Å². The Kier molecular flexibility index (Phi) is 6.06. The second-order valence-electron chi connectivity index (χ2n) is 5.54. The number of alkyl halides is 1. The van der Waals surface area contributed by atoms with E-state index in [4.69, 9.17) is 16.6 Å². The normalized spacial score (nSPS) is 14.5. The highest BCUT2D eigenvalue weighted by atomic mass is 79.9. The molecule has 2 rings (SSSR count). The third kappa shape index (κ3) is 3.78. The van der Waals surface area contributed by atoms with Crippen molar-refractivity contribution in [1.29, 1.82) is 0 Å². The summed E-state index contributed by atoms with van der Waals surface area (Å²) in [6, 6.07) is 2.45. The summed E-state index contributed by atoms with van der Waals surface area (Å²) in [6.07, 6.45) is 7.71. The van der Waals surface area contributed by atoms with Crippen LogP contribution in [0.2, 0.25) is 0 Å². The Labute approximate surface area is 140 Å². The molecule has 2 aromatic heterocycles. The molecule has 2 aromatic rings. The molecule has 2 atom stereocenters. The lowest BCUT2D eigenvalue weighted by molar-refractivity contribution is 0.412. The number of pyridine rings is 1. The number of imidazole rings is 1. The summed E-state index contributed by atoms with van der Waals surface area (Å²) in [5.41, 5.74) is 1.87. The predicted octanol–water partition coefficient (Wildman–Crippen LogP) is 6.03. The zero-order valence-corrected chi connectivity index (χ0v) is 15.3. The number of halogens is 2. The van der Waals surface area contributed by atoms with Gasteiger partial charge in [0.1, 0.15) is 11.3 Å². The van der Waals surface area contributed by atoms with Crippen LogP contribution >= 0.6 is 27.5 Å². The van der Waals surface area contributed by atoms with E-state index in [0.717, 1.165) is 40.7 Å². The standard InChI is InChI=1S/C16H23BrClN3/c1-4-6-8-13(7-5-2)21-15(11(3)18)20-14-9-12(17)10-19-16(14)21/h9-11,13H,4-8H2,1-3H3. The van der Waals surface area contributed by atoms with Gasteiger partial charge in [-0.3, -0.25) is 0 Å². The quantitative estimate of drug-likeness (QED) is 0.556. The molecular formula is C16H23BrClN3. The molecule has 0 aromatic carbocycles. The second kappa shape index (κ2) is 7.59. The minimum absolute atomic E-state index is 0.112. The summed E-state index contributed by atoms with van der Waals surface area (Å²) in [7, 11) is 0. The summed E-state index contributed by atoms with van der Waals surface area (Å²) < 4.78 is 3.23. The number of rotatable bonds is 7. The fraction of sp³-hybridized carbons (Fsp3) is 0.625. The lowest BCUT2D eigenvalue weighted by atomic mass is 10.0. The van der Waals surface area contributed by atoms with E-state index in [1.54, 1.807) is 0 Å². The first-order chi connectivity index (χ1) is 10.1. The van der Waals surface area contributed by atoms with Crippen LogP contribution in [0, 0.1) is 0 Å². The van der Waals surface area contributed by atoms with Crippen LogP contribution in [0.3, 0.4) is 0 Å². The van der Waals surface area contributed by atoms with Gasteiger partial charge in [0.2, 0.25) is 0 Å². The molecule has 2 heterocycles. The monoisotopic (exact) mass is 371 g/mol. The molecule has 0 radical (unpaired) electrons. The fourth-order valence-electron chi connectivity index (χ4n) is 2.79. The predicted molar refractivity (Wildman–Crippen MR) is 93.0 cm³/mol. The number of fused-ring (bicyclic) bond motifs is 1. The van der Waals surface area contributed by atoms with Crippen LogP contribution in [0.1, 0.15) is 70.1 Å². The van der Waals surface area contributed by atoms with Crippen LogP contribution in [-0.2, 0) is 0 Å². The number of unbranched alkanes of at least 4 members (excludes halogenated alkanes) is 1. The Morgan fingerprint density at radius 1 is 1.29 bits per heavy atom. The molecule has 0 aliphatic carbocycles. The molecule has 0 fully saturated rings. The molecule has 0 aliphatic heterocycles. The molecular weight excluding hydrogens is 350 g/mol. The minimum atomic E-state index is -0.112. The Balaban J connectivity index is 2.53. The van der Waals surface area contributed by atoms with E-state index in [-0.39, 0.29) is 5.38 Å². The molecule has 3 nitrogen and oxygen atoms in total. The van der Waals surface area contributed by atoms with Gasteiger partial charge < -0.3 is 4.57 Å². The van der Waals surface area contributed by atoms with E-state index in [1.165, 1.54) is 12.8 Å². The lowest BCUT2D eigenvalue weighted by Gasteiger charge is -2.21. The first-order valence-electron chi connectivity index (χ1n) is 7.75. The van der Waals surface area contributed by atoms with Crippen molar-refractivity contribution in [3.63, 3.8) is 0 Å². The summed E-state index contributed by atoms with van der Waals surface area (Å²) in [4.78, 5) is 9.31. The van der Waals surface area contributed by atoms with E-state index >= 15 is 0 Å².